The maximum atomic E-state index is 12.2. The highest BCUT2D eigenvalue weighted by molar-refractivity contribution is 7.22. The van der Waals surface area contributed by atoms with E-state index in [0.29, 0.717) is 0 Å². The summed E-state index contributed by atoms with van der Waals surface area (Å²) in [6.45, 7) is 9.45. The molecule has 1 atom stereocenters. The van der Waals surface area contributed by atoms with Gasteiger partial charge in [-0.15, -0.1) is 0 Å². The lowest BCUT2D eigenvalue weighted by atomic mass is 10.2. The van der Waals surface area contributed by atoms with Gasteiger partial charge in [-0.1, -0.05) is 22.9 Å². The molecule has 1 aliphatic heterocycles. The van der Waals surface area contributed by atoms with Crippen molar-refractivity contribution in [3.63, 3.8) is 0 Å². The highest BCUT2D eigenvalue weighted by Gasteiger charge is 2.26. The van der Waals surface area contributed by atoms with Crippen LogP contribution in [0.3, 0.4) is 0 Å². The summed E-state index contributed by atoms with van der Waals surface area (Å²) in [6.07, 6.45) is 0. The van der Waals surface area contributed by atoms with E-state index in [1.807, 2.05) is 39.0 Å². The van der Waals surface area contributed by atoms with Gasteiger partial charge in [-0.3, -0.25) is 9.69 Å². The summed E-state index contributed by atoms with van der Waals surface area (Å²) >= 11 is 7.73. The lowest BCUT2D eigenvalue weighted by molar-refractivity contribution is -0.126. The number of hydrogen-bond acceptors (Lipinski definition) is 5. The van der Waals surface area contributed by atoms with Gasteiger partial charge in [0.2, 0.25) is 5.91 Å². The molecule has 1 unspecified atom stereocenters. The van der Waals surface area contributed by atoms with Gasteiger partial charge in [0, 0.05) is 37.2 Å². The number of fused-ring (bicyclic) bond motifs is 1. The highest BCUT2D eigenvalue weighted by atomic mass is 35.5. The van der Waals surface area contributed by atoms with E-state index in [9.17, 15) is 4.79 Å². The molecule has 1 N–H and O–H groups in total. The van der Waals surface area contributed by atoms with Crippen LogP contribution in [0.5, 0.6) is 0 Å². The number of benzene rings is 1. The molecule has 130 valence electrons. The fourth-order valence-corrected chi connectivity index (χ4v) is 4.19. The number of halogens is 1. The number of carbonyl (C=O) groups excluding carboxylic acids is 1. The van der Waals surface area contributed by atoms with E-state index in [-0.39, 0.29) is 18.0 Å². The van der Waals surface area contributed by atoms with Crippen LogP contribution in [-0.2, 0) is 4.79 Å². The first-order chi connectivity index (χ1) is 11.4. The summed E-state index contributed by atoms with van der Waals surface area (Å²) in [7, 11) is 0. The lowest BCUT2D eigenvalue weighted by Crippen LogP contribution is -2.54. The second-order valence-electron chi connectivity index (χ2n) is 6.47. The van der Waals surface area contributed by atoms with E-state index in [1.165, 1.54) is 0 Å². The molecule has 1 aliphatic rings. The number of carbonyl (C=O) groups is 1. The van der Waals surface area contributed by atoms with E-state index in [1.54, 1.807) is 11.3 Å². The van der Waals surface area contributed by atoms with Gasteiger partial charge in [-0.05, 0) is 39.0 Å². The van der Waals surface area contributed by atoms with Crippen LogP contribution in [0.1, 0.15) is 20.8 Å². The SMILES string of the molecule is CC(C)NC(=O)C(C)N1CCN(c2nc3ccc(Cl)cc3s2)CC1. The van der Waals surface area contributed by atoms with Gasteiger partial charge in [0.05, 0.1) is 16.3 Å². The van der Waals surface area contributed by atoms with Crippen LogP contribution >= 0.6 is 22.9 Å². The molecule has 1 fully saturated rings. The Morgan fingerprint density at radius 3 is 2.62 bits per heavy atom. The molecular weight excluding hydrogens is 344 g/mol. The zero-order valence-corrected chi connectivity index (χ0v) is 15.8. The van der Waals surface area contributed by atoms with Crippen molar-refractivity contribution in [2.24, 2.45) is 0 Å². The van der Waals surface area contributed by atoms with Crippen molar-refractivity contribution in [2.75, 3.05) is 31.1 Å². The smallest absolute Gasteiger partial charge is 0.237 e. The van der Waals surface area contributed by atoms with E-state index in [0.717, 1.165) is 46.5 Å². The van der Waals surface area contributed by atoms with Crippen LogP contribution in [0.4, 0.5) is 5.13 Å². The number of aromatic nitrogens is 1. The molecular formula is C17H23ClN4OS. The van der Waals surface area contributed by atoms with Gasteiger partial charge in [0.15, 0.2) is 5.13 Å². The van der Waals surface area contributed by atoms with Gasteiger partial charge in [0.25, 0.3) is 0 Å². The largest absolute Gasteiger partial charge is 0.353 e. The van der Waals surface area contributed by atoms with Crippen molar-refractivity contribution in [3.8, 4) is 0 Å². The number of anilines is 1. The maximum Gasteiger partial charge on any atom is 0.237 e. The molecule has 5 nitrogen and oxygen atoms in total. The molecule has 1 amide bonds. The Balaban J connectivity index is 1.62. The van der Waals surface area contributed by atoms with Crippen LogP contribution in [0.15, 0.2) is 18.2 Å². The monoisotopic (exact) mass is 366 g/mol. The topological polar surface area (TPSA) is 48.5 Å². The average molecular weight is 367 g/mol. The molecule has 3 rings (SSSR count). The van der Waals surface area contributed by atoms with E-state index >= 15 is 0 Å². The predicted octanol–water partition coefficient (Wildman–Crippen LogP) is 2.98. The number of thiazole rings is 1. The van der Waals surface area contributed by atoms with E-state index in [2.05, 4.69) is 15.1 Å². The highest BCUT2D eigenvalue weighted by Crippen LogP contribution is 2.31. The second kappa shape index (κ2) is 7.25. The molecule has 0 saturated carbocycles. The van der Waals surface area contributed by atoms with Gasteiger partial charge in [0.1, 0.15) is 0 Å². The normalized spacial score (nSPS) is 17.5. The van der Waals surface area contributed by atoms with Crippen LogP contribution in [0.2, 0.25) is 5.02 Å². The van der Waals surface area contributed by atoms with Crippen molar-refractivity contribution in [2.45, 2.75) is 32.9 Å². The quantitative estimate of drug-likeness (QED) is 0.903. The molecule has 7 heteroatoms. The minimum absolute atomic E-state index is 0.0938. The average Bonchev–Trinajstić information content (AvgIpc) is 2.96. The predicted molar refractivity (Wildman–Crippen MR) is 101 cm³/mol. The number of rotatable bonds is 4. The summed E-state index contributed by atoms with van der Waals surface area (Å²) in [5, 5.41) is 4.77. The molecule has 1 saturated heterocycles. The second-order valence-corrected chi connectivity index (χ2v) is 7.92. The van der Waals surface area contributed by atoms with Crippen molar-refractivity contribution in [1.29, 1.82) is 0 Å². The molecule has 0 spiro atoms. The molecule has 0 bridgehead atoms. The fraction of sp³-hybridized carbons (Fsp3) is 0.529. The third-order valence-electron chi connectivity index (χ3n) is 4.28. The van der Waals surface area contributed by atoms with Crippen LogP contribution in [0.25, 0.3) is 10.2 Å². The lowest BCUT2D eigenvalue weighted by Gasteiger charge is -2.37. The Hall–Kier alpha value is -1.37. The summed E-state index contributed by atoms with van der Waals surface area (Å²) in [6, 6.07) is 5.89. The van der Waals surface area contributed by atoms with E-state index in [4.69, 9.17) is 16.6 Å². The van der Waals surface area contributed by atoms with Crippen molar-refractivity contribution >= 4 is 44.2 Å². The van der Waals surface area contributed by atoms with Crippen LogP contribution in [0, 0.1) is 0 Å². The Bertz CT molecular complexity index is 724. The zero-order valence-electron chi connectivity index (χ0n) is 14.3. The van der Waals surface area contributed by atoms with Gasteiger partial charge in [-0.25, -0.2) is 4.98 Å². The Morgan fingerprint density at radius 2 is 1.96 bits per heavy atom. The minimum atomic E-state index is -0.0938. The van der Waals surface area contributed by atoms with Gasteiger partial charge >= 0.3 is 0 Å². The first kappa shape index (κ1) is 17.5. The summed E-state index contributed by atoms with van der Waals surface area (Å²) in [5.74, 6) is 0.105. The molecule has 1 aromatic heterocycles. The summed E-state index contributed by atoms with van der Waals surface area (Å²) < 4.78 is 1.12. The zero-order chi connectivity index (χ0) is 17.3. The molecule has 0 aliphatic carbocycles. The number of amides is 1. The molecule has 2 heterocycles. The molecule has 1 aromatic carbocycles. The first-order valence-electron chi connectivity index (χ1n) is 8.29. The molecule has 24 heavy (non-hydrogen) atoms. The van der Waals surface area contributed by atoms with Gasteiger partial charge < -0.3 is 10.2 Å². The van der Waals surface area contributed by atoms with Crippen molar-refractivity contribution in [1.82, 2.24) is 15.2 Å². The van der Waals surface area contributed by atoms with Crippen LogP contribution in [-0.4, -0.2) is 54.1 Å². The third-order valence-corrected chi connectivity index (χ3v) is 5.60. The molecule has 0 radical (unpaired) electrons. The molecule has 2 aromatic rings. The standard InChI is InChI=1S/C17H23ClN4OS/c1-11(2)19-16(23)12(3)21-6-8-22(9-7-21)17-20-14-5-4-13(18)10-15(14)24-17/h4-5,10-12H,6-9H2,1-3H3,(H,19,23). The third kappa shape index (κ3) is 3.82. The van der Waals surface area contributed by atoms with Gasteiger partial charge in [-0.2, -0.15) is 0 Å². The van der Waals surface area contributed by atoms with E-state index < -0.39 is 0 Å². The Labute approximate surface area is 151 Å². The Morgan fingerprint density at radius 1 is 1.25 bits per heavy atom. The number of piperazine rings is 1. The number of hydrogen-bond donors (Lipinski definition) is 1. The summed E-state index contributed by atoms with van der Waals surface area (Å²) in [5.41, 5.74) is 0.992. The Kier molecular flexibility index (Phi) is 5.27. The number of nitrogens with one attached hydrogen (secondary N) is 1. The summed E-state index contributed by atoms with van der Waals surface area (Å²) in [4.78, 5) is 21.4. The fourth-order valence-electron chi connectivity index (χ4n) is 2.89. The number of nitrogens with zero attached hydrogens (tertiary/aromatic N) is 3. The maximum absolute atomic E-state index is 12.2. The van der Waals surface area contributed by atoms with Crippen molar-refractivity contribution < 1.29 is 4.79 Å². The minimum Gasteiger partial charge on any atom is -0.353 e. The first-order valence-corrected chi connectivity index (χ1v) is 9.49. The van der Waals surface area contributed by atoms with Crippen molar-refractivity contribution in [3.05, 3.63) is 23.2 Å². The van der Waals surface area contributed by atoms with Crippen LogP contribution < -0.4 is 10.2 Å².